The maximum absolute atomic E-state index is 14.8. The van der Waals surface area contributed by atoms with Crippen LogP contribution in [0.15, 0.2) is 48.8 Å². The van der Waals surface area contributed by atoms with Crippen molar-refractivity contribution in [1.82, 2.24) is 19.4 Å². The van der Waals surface area contributed by atoms with E-state index in [1.807, 2.05) is 15.6 Å². The first kappa shape index (κ1) is 22.5. The minimum absolute atomic E-state index is 0.0151. The molecule has 6 rings (SSSR count). The van der Waals surface area contributed by atoms with Crippen LogP contribution in [0.1, 0.15) is 37.7 Å². The van der Waals surface area contributed by atoms with Crippen molar-refractivity contribution in [3.63, 3.8) is 0 Å². The number of hydrogen-bond donors (Lipinski definition) is 0. The Labute approximate surface area is 206 Å². The third kappa shape index (κ3) is 4.42. The summed E-state index contributed by atoms with van der Waals surface area (Å²) in [5, 5.41) is 4.54. The van der Waals surface area contributed by atoms with Crippen LogP contribution in [0.25, 0.3) is 16.6 Å². The highest BCUT2D eigenvalue weighted by molar-refractivity contribution is 5.82. The fourth-order valence-electron chi connectivity index (χ4n) is 5.73. The van der Waals surface area contributed by atoms with Crippen LogP contribution in [0.4, 0.5) is 10.1 Å². The van der Waals surface area contributed by atoms with E-state index < -0.39 is 6.17 Å². The molecule has 2 aromatic heterocycles. The Morgan fingerprint density at radius 2 is 1.77 bits per heavy atom. The number of piperazine rings is 1. The van der Waals surface area contributed by atoms with Gasteiger partial charge in [-0.1, -0.05) is 31.2 Å². The lowest BCUT2D eigenvalue weighted by molar-refractivity contribution is -0.132. The van der Waals surface area contributed by atoms with Gasteiger partial charge in [0.1, 0.15) is 6.17 Å². The first-order valence-electron chi connectivity index (χ1n) is 13.1. The van der Waals surface area contributed by atoms with Crippen LogP contribution < -0.4 is 4.90 Å². The Kier molecular flexibility index (Phi) is 5.96. The summed E-state index contributed by atoms with van der Waals surface area (Å²) in [7, 11) is 0. The number of nitrogens with zero attached hydrogens (tertiary/aromatic N) is 5. The van der Waals surface area contributed by atoms with E-state index in [0.29, 0.717) is 12.5 Å². The van der Waals surface area contributed by atoms with Crippen molar-refractivity contribution in [2.75, 3.05) is 50.7 Å². The molecule has 2 atom stereocenters. The lowest BCUT2D eigenvalue weighted by Gasteiger charge is -2.36. The fourth-order valence-corrected chi connectivity index (χ4v) is 5.73. The first-order valence-corrected chi connectivity index (χ1v) is 13.1. The minimum Gasteiger partial charge on any atom is -0.366 e. The molecule has 184 valence electrons. The Hall–Kier alpha value is -2.93. The molecule has 0 N–H and O–H groups in total. The van der Waals surface area contributed by atoms with Crippen LogP contribution in [0.5, 0.6) is 0 Å². The second-order valence-corrected chi connectivity index (χ2v) is 10.3. The molecule has 0 radical (unpaired) electrons. The van der Waals surface area contributed by atoms with E-state index in [4.69, 9.17) is 0 Å². The predicted molar refractivity (Wildman–Crippen MR) is 137 cm³/mol. The average molecular weight is 476 g/mol. The largest absolute Gasteiger partial charge is 0.366 e. The van der Waals surface area contributed by atoms with Crippen molar-refractivity contribution >= 4 is 17.1 Å². The molecule has 35 heavy (non-hydrogen) atoms. The SMILES string of the molecule is CCN1CC[C@@H](c2ccc(-c3cc4c(N5CCN(C(=O)C6CC6)CC5)ccnn4c3)cc2)C(F)C1. The van der Waals surface area contributed by atoms with Crippen LogP contribution in [0, 0.1) is 5.92 Å². The van der Waals surface area contributed by atoms with Crippen molar-refractivity contribution in [3.05, 3.63) is 54.4 Å². The topological polar surface area (TPSA) is 44.1 Å². The third-order valence-corrected chi connectivity index (χ3v) is 8.09. The number of benzene rings is 1. The number of alkyl halides is 1. The van der Waals surface area contributed by atoms with Gasteiger partial charge in [-0.25, -0.2) is 8.91 Å². The quantitative estimate of drug-likeness (QED) is 0.555. The van der Waals surface area contributed by atoms with E-state index in [1.165, 1.54) is 0 Å². The summed E-state index contributed by atoms with van der Waals surface area (Å²) in [5.74, 6) is 0.611. The lowest BCUT2D eigenvalue weighted by Crippen LogP contribution is -2.49. The number of carbonyl (C=O) groups is 1. The standard InChI is InChI=1S/C28H34FN5O/c1-2-31-12-10-24(25(29)19-31)21-5-3-20(4-6-21)23-17-27-26(9-11-30-34(27)18-23)32-13-15-33(16-14-32)28(35)22-7-8-22/h3-6,9,11,17-18,22,24-25H,2,7-8,10,12-16,19H2,1H3/t24-,25?/m0/s1. The summed E-state index contributed by atoms with van der Waals surface area (Å²) >= 11 is 0. The number of rotatable bonds is 5. The van der Waals surface area contributed by atoms with Gasteiger partial charge in [0.25, 0.3) is 0 Å². The predicted octanol–water partition coefficient (Wildman–Crippen LogP) is 4.21. The third-order valence-electron chi connectivity index (χ3n) is 8.09. The molecule has 7 heteroatoms. The zero-order valence-electron chi connectivity index (χ0n) is 20.4. The molecule has 3 aliphatic rings. The molecule has 4 heterocycles. The van der Waals surface area contributed by atoms with Crippen molar-refractivity contribution in [3.8, 4) is 11.1 Å². The smallest absolute Gasteiger partial charge is 0.225 e. The van der Waals surface area contributed by atoms with E-state index in [2.05, 4.69) is 64.4 Å². The van der Waals surface area contributed by atoms with E-state index in [9.17, 15) is 9.18 Å². The van der Waals surface area contributed by atoms with Gasteiger partial charge in [0.15, 0.2) is 0 Å². The van der Waals surface area contributed by atoms with Crippen molar-refractivity contribution < 1.29 is 9.18 Å². The van der Waals surface area contributed by atoms with Gasteiger partial charge >= 0.3 is 0 Å². The second-order valence-electron chi connectivity index (χ2n) is 10.3. The monoisotopic (exact) mass is 475 g/mol. The average Bonchev–Trinajstić information content (AvgIpc) is 3.66. The first-order chi connectivity index (χ1) is 17.1. The Morgan fingerprint density at radius 1 is 1.00 bits per heavy atom. The zero-order chi connectivity index (χ0) is 23.9. The fraction of sp³-hybridized carbons (Fsp3) is 0.500. The summed E-state index contributed by atoms with van der Waals surface area (Å²) in [4.78, 5) is 19.0. The number of amides is 1. The van der Waals surface area contributed by atoms with Gasteiger partial charge < -0.3 is 14.7 Å². The second kappa shape index (κ2) is 9.26. The number of halogens is 1. The molecule has 1 saturated carbocycles. The van der Waals surface area contributed by atoms with Crippen LogP contribution in [0.3, 0.4) is 0 Å². The van der Waals surface area contributed by atoms with E-state index in [0.717, 1.165) is 86.4 Å². The molecule has 1 amide bonds. The molecule has 1 aliphatic carbocycles. The van der Waals surface area contributed by atoms with Crippen molar-refractivity contribution in [2.24, 2.45) is 5.92 Å². The Morgan fingerprint density at radius 3 is 2.46 bits per heavy atom. The minimum atomic E-state index is -0.807. The molecule has 6 nitrogen and oxygen atoms in total. The van der Waals surface area contributed by atoms with Crippen molar-refractivity contribution in [1.29, 1.82) is 0 Å². The molecular formula is C28H34FN5O. The van der Waals surface area contributed by atoms with E-state index in [1.54, 1.807) is 0 Å². The number of anilines is 1. The van der Waals surface area contributed by atoms with Gasteiger partial charge in [-0.15, -0.1) is 0 Å². The number of hydrogen-bond acceptors (Lipinski definition) is 4. The lowest BCUT2D eigenvalue weighted by atomic mass is 9.87. The molecule has 3 aromatic rings. The summed E-state index contributed by atoms with van der Waals surface area (Å²) in [5.41, 5.74) is 5.55. The molecular weight excluding hydrogens is 441 g/mol. The van der Waals surface area contributed by atoms with Gasteiger partial charge in [0.2, 0.25) is 5.91 Å². The van der Waals surface area contributed by atoms with Crippen LogP contribution in [-0.4, -0.2) is 77.3 Å². The molecule has 2 aliphatic heterocycles. The van der Waals surface area contributed by atoms with Gasteiger partial charge in [-0.05, 0) is 55.6 Å². The molecule has 3 fully saturated rings. The molecule has 1 unspecified atom stereocenters. The zero-order valence-corrected chi connectivity index (χ0v) is 20.4. The van der Waals surface area contributed by atoms with E-state index >= 15 is 0 Å². The molecule has 1 aromatic carbocycles. The van der Waals surface area contributed by atoms with Crippen LogP contribution in [-0.2, 0) is 4.79 Å². The molecule has 0 spiro atoms. The van der Waals surface area contributed by atoms with Gasteiger partial charge in [-0.2, -0.15) is 5.10 Å². The molecule has 0 bridgehead atoms. The number of aromatic nitrogens is 2. The van der Waals surface area contributed by atoms with Gasteiger partial charge in [0.05, 0.1) is 11.2 Å². The number of carbonyl (C=O) groups excluding carboxylic acids is 1. The summed E-state index contributed by atoms with van der Waals surface area (Å²) < 4.78 is 16.7. The maximum atomic E-state index is 14.8. The molecule has 2 saturated heterocycles. The highest BCUT2D eigenvalue weighted by Gasteiger charge is 2.35. The van der Waals surface area contributed by atoms with Crippen LogP contribution >= 0.6 is 0 Å². The highest BCUT2D eigenvalue weighted by atomic mass is 19.1. The number of likely N-dealkylation sites (tertiary alicyclic amines) is 1. The van der Waals surface area contributed by atoms with Crippen molar-refractivity contribution in [2.45, 2.75) is 38.3 Å². The normalized spacial score (nSPS) is 23.7. The van der Waals surface area contributed by atoms with E-state index in [-0.39, 0.29) is 11.8 Å². The number of piperidine rings is 1. The van der Waals surface area contributed by atoms with Gasteiger partial charge in [0, 0.05) is 62.5 Å². The Bertz CT molecular complexity index is 1200. The maximum Gasteiger partial charge on any atom is 0.225 e. The summed E-state index contributed by atoms with van der Waals surface area (Å²) in [6.45, 7) is 7.76. The highest BCUT2D eigenvalue weighted by Crippen LogP contribution is 2.34. The Balaban J connectivity index is 1.19. The summed E-state index contributed by atoms with van der Waals surface area (Å²) in [6.07, 6.45) is 6.10. The van der Waals surface area contributed by atoms with Gasteiger partial charge in [-0.3, -0.25) is 4.79 Å². The summed E-state index contributed by atoms with van der Waals surface area (Å²) in [6, 6.07) is 12.7. The van der Waals surface area contributed by atoms with Crippen LogP contribution in [0.2, 0.25) is 0 Å². The number of fused-ring (bicyclic) bond motifs is 1.